The van der Waals surface area contributed by atoms with Crippen LogP contribution in [0.4, 0.5) is 13.2 Å². The molecule has 3 nitrogen and oxygen atoms in total. The summed E-state index contributed by atoms with van der Waals surface area (Å²) in [6, 6.07) is 4.60. The zero-order chi connectivity index (χ0) is 18.0. The number of hydrogen-bond acceptors (Lipinski definition) is 2. The Morgan fingerprint density at radius 1 is 1.24 bits per heavy atom. The van der Waals surface area contributed by atoms with Crippen LogP contribution in [-0.2, 0) is 11.3 Å². The van der Waals surface area contributed by atoms with Gasteiger partial charge in [-0.15, -0.1) is 0 Å². The van der Waals surface area contributed by atoms with E-state index in [-0.39, 0.29) is 43.6 Å². The molecule has 1 unspecified atom stereocenters. The minimum atomic E-state index is -2.66. The third-order valence-corrected chi connectivity index (χ3v) is 5.46. The van der Waals surface area contributed by atoms with E-state index in [0.29, 0.717) is 23.7 Å². The van der Waals surface area contributed by atoms with Crippen LogP contribution in [0.3, 0.4) is 0 Å². The van der Waals surface area contributed by atoms with Gasteiger partial charge in [-0.3, -0.25) is 9.69 Å². The molecule has 25 heavy (non-hydrogen) atoms. The number of nitrogens with zero attached hydrogens (tertiary/aromatic N) is 2. The summed E-state index contributed by atoms with van der Waals surface area (Å²) in [7, 11) is 0. The highest BCUT2D eigenvalue weighted by Gasteiger charge is 2.38. The standard InChI is InChI=1S/C18H22ClF3N2O/c19-15-4-1-5-16(20)14(15)12-23-8-2-3-13(11-23)17(25)24-9-6-18(21,22)7-10-24/h1,4-5,13H,2-3,6-12H2. The first-order chi connectivity index (χ1) is 11.9. The summed E-state index contributed by atoms with van der Waals surface area (Å²) in [6.07, 6.45) is 1.04. The van der Waals surface area contributed by atoms with Gasteiger partial charge in [0.1, 0.15) is 5.82 Å². The maximum atomic E-state index is 14.0. The van der Waals surface area contributed by atoms with Crippen LogP contribution in [-0.4, -0.2) is 47.8 Å². The molecule has 1 aromatic rings. The molecule has 2 aliphatic heterocycles. The Hall–Kier alpha value is -1.27. The van der Waals surface area contributed by atoms with Gasteiger partial charge in [0, 0.05) is 49.6 Å². The number of alkyl halides is 2. The van der Waals surface area contributed by atoms with E-state index in [2.05, 4.69) is 0 Å². The third-order valence-electron chi connectivity index (χ3n) is 5.10. The molecule has 0 spiro atoms. The summed E-state index contributed by atoms with van der Waals surface area (Å²) in [6.45, 7) is 1.86. The third kappa shape index (κ3) is 4.47. The fraction of sp³-hybridized carbons (Fsp3) is 0.611. The second-order valence-electron chi connectivity index (χ2n) is 6.96. The molecule has 0 aromatic heterocycles. The van der Waals surface area contributed by atoms with Gasteiger partial charge in [-0.25, -0.2) is 13.2 Å². The number of amides is 1. The number of benzene rings is 1. The van der Waals surface area contributed by atoms with Crippen LogP contribution < -0.4 is 0 Å². The summed E-state index contributed by atoms with van der Waals surface area (Å²) in [5.41, 5.74) is 0.440. The molecule has 0 bridgehead atoms. The van der Waals surface area contributed by atoms with Crippen molar-refractivity contribution in [3.05, 3.63) is 34.6 Å². The van der Waals surface area contributed by atoms with Crippen LogP contribution in [0, 0.1) is 11.7 Å². The van der Waals surface area contributed by atoms with Gasteiger partial charge in [0.05, 0.1) is 5.92 Å². The second-order valence-corrected chi connectivity index (χ2v) is 7.36. The number of rotatable bonds is 3. The van der Waals surface area contributed by atoms with Crippen LogP contribution >= 0.6 is 11.6 Å². The van der Waals surface area contributed by atoms with Gasteiger partial charge in [-0.1, -0.05) is 17.7 Å². The lowest BCUT2D eigenvalue weighted by molar-refractivity contribution is -0.143. The molecule has 0 radical (unpaired) electrons. The van der Waals surface area contributed by atoms with Crippen LogP contribution in [0.15, 0.2) is 18.2 Å². The maximum Gasteiger partial charge on any atom is 0.251 e. The van der Waals surface area contributed by atoms with Gasteiger partial charge in [0.15, 0.2) is 0 Å². The van der Waals surface area contributed by atoms with Crippen molar-refractivity contribution >= 4 is 17.5 Å². The van der Waals surface area contributed by atoms with Gasteiger partial charge >= 0.3 is 0 Å². The molecule has 7 heteroatoms. The van der Waals surface area contributed by atoms with E-state index in [1.807, 2.05) is 4.90 Å². The smallest absolute Gasteiger partial charge is 0.251 e. The van der Waals surface area contributed by atoms with Gasteiger partial charge < -0.3 is 4.90 Å². The van der Waals surface area contributed by atoms with Gasteiger partial charge in [-0.05, 0) is 31.5 Å². The SMILES string of the molecule is O=C(C1CCCN(Cc2c(F)cccc2Cl)C1)N1CCC(F)(F)CC1. The van der Waals surface area contributed by atoms with Crippen molar-refractivity contribution in [3.63, 3.8) is 0 Å². The minimum Gasteiger partial charge on any atom is -0.342 e. The zero-order valence-electron chi connectivity index (χ0n) is 14.0. The largest absolute Gasteiger partial charge is 0.342 e. The van der Waals surface area contributed by atoms with Crippen molar-refractivity contribution in [2.75, 3.05) is 26.2 Å². The highest BCUT2D eigenvalue weighted by Crippen LogP contribution is 2.30. The molecular formula is C18H22ClF3N2O. The lowest BCUT2D eigenvalue weighted by Crippen LogP contribution is -2.48. The van der Waals surface area contributed by atoms with Crippen LogP contribution in [0.5, 0.6) is 0 Å². The summed E-state index contributed by atoms with van der Waals surface area (Å²) in [4.78, 5) is 16.2. The quantitative estimate of drug-likeness (QED) is 0.799. The second kappa shape index (κ2) is 7.54. The molecule has 0 N–H and O–H groups in total. The first-order valence-corrected chi connectivity index (χ1v) is 9.05. The highest BCUT2D eigenvalue weighted by molar-refractivity contribution is 6.31. The summed E-state index contributed by atoms with van der Waals surface area (Å²) in [5, 5.41) is 0.381. The van der Waals surface area contributed by atoms with Gasteiger partial charge in [0.2, 0.25) is 5.91 Å². The topological polar surface area (TPSA) is 23.6 Å². The molecular weight excluding hydrogens is 353 g/mol. The minimum absolute atomic E-state index is 0.0557. The number of piperidine rings is 2. The number of halogens is 4. The Bertz CT molecular complexity index is 610. The Balaban J connectivity index is 1.60. The molecule has 2 fully saturated rings. The number of likely N-dealkylation sites (tertiary alicyclic amines) is 2. The Morgan fingerprint density at radius 3 is 2.64 bits per heavy atom. The molecule has 0 saturated carbocycles. The normalized spacial score (nSPS) is 24.3. The summed E-state index contributed by atoms with van der Waals surface area (Å²) in [5.74, 6) is -3.28. The van der Waals surface area contributed by atoms with Crippen LogP contribution in [0.25, 0.3) is 0 Å². The molecule has 0 aliphatic carbocycles. The molecule has 3 rings (SSSR count). The summed E-state index contributed by atoms with van der Waals surface area (Å²) >= 11 is 6.08. The molecule has 2 aliphatic rings. The van der Waals surface area contributed by atoms with Crippen LogP contribution in [0.1, 0.15) is 31.2 Å². The number of carbonyl (C=O) groups is 1. The van der Waals surface area contributed by atoms with E-state index in [4.69, 9.17) is 11.6 Å². The van der Waals surface area contributed by atoms with E-state index < -0.39 is 5.92 Å². The first-order valence-electron chi connectivity index (χ1n) is 8.67. The average molecular weight is 375 g/mol. The van der Waals surface area contributed by atoms with Crippen molar-refractivity contribution in [1.82, 2.24) is 9.80 Å². The van der Waals surface area contributed by atoms with E-state index in [1.165, 1.54) is 6.07 Å². The van der Waals surface area contributed by atoms with Crippen molar-refractivity contribution in [1.29, 1.82) is 0 Å². The van der Waals surface area contributed by atoms with Crippen molar-refractivity contribution < 1.29 is 18.0 Å². The zero-order valence-corrected chi connectivity index (χ0v) is 14.7. The van der Waals surface area contributed by atoms with Gasteiger partial charge in [-0.2, -0.15) is 0 Å². The van der Waals surface area contributed by atoms with Crippen molar-refractivity contribution in [3.8, 4) is 0 Å². The Kier molecular flexibility index (Phi) is 5.58. The van der Waals surface area contributed by atoms with Crippen molar-refractivity contribution in [2.24, 2.45) is 5.92 Å². The lowest BCUT2D eigenvalue weighted by atomic mass is 9.94. The monoisotopic (exact) mass is 374 g/mol. The molecule has 138 valence electrons. The fourth-order valence-corrected chi connectivity index (χ4v) is 3.84. The van der Waals surface area contributed by atoms with Crippen LogP contribution in [0.2, 0.25) is 5.02 Å². The van der Waals surface area contributed by atoms with Crippen molar-refractivity contribution in [2.45, 2.75) is 38.2 Å². The molecule has 1 atom stereocenters. The van der Waals surface area contributed by atoms with E-state index in [0.717, 1.165) is 19.4 Å². The average Bonchev–Trinajstić information content (AvgIpc) is 2.58. The molecule has 1 aromatic carbocycles. The maximum absolute atomic E-state index is 14.0. The molecule has 2 heterocycles. The lowest BCUT2D eigenvalue weighted by Gasteiger charge is -2.37. The van der Waals surface area contributed by atoms with E-state index in [1.54, 1.807) is 17.0 Å². The van der Waals surface area contributed by atoms with E-state index >= 15 is 0 Å². The first kappa shape index (κ1) is 18.5. The predicted octanol–water partition coefficient (Wildman–Crippen LogP) is 3.95. The summed E-state index contributed by atoms with van der Waals surface area (Å²) < 4.78 is 40.5. The van der Waals surface area contributed by atoms with E-state index in [9.17, 15) is 18.0 Å². The highest BCUT2D eigenvalue weighted by atomic mass is 35.5. The Labute approximate surface area is 150 Å². The van der Waals surface area contributed by atoms with Gasteiger partial charge in [0.25, 0.3) is 5.92 Å². The number of carbonyl (C=O) groups excluding carboxylic acids is 1. The Morgan fingerprint density at radius 2 is 1.96 bits per heavy atom. The fourth-order valence-electron chi connectivity index (χ4n) is 3.62. The molecule has 1 amide bonds. The number of hydrogen-bond donors (Lipinski definition) is 0. The molecule has 2 saturated heterocycles. The predicted molar refractivity (Wildman–Crippen MR) is 90.2 cm³/mol.